The number of rotatable bonds is 4. The first-order valence-electron chi connectivity index (χ1n) is 6.63. The van der Waals surface area contributed by atoms with Gasteiger partial charge in [-0.15, -0.1) is 0 Å². The van der Waals surface area contributed by atoms with Crippen LogP contribution in [0, 0.1) is 0 Å². The minimum atomic E-state index is -0.510. The highest BCUT2D eigenvalue weighted by molar-refractivity contribution is 5.28. The van der Waals surface area contributed by atoms with Crippen molar-refractivity contribution in [1.82, 2.24) is 0 Å². The summed E-state index contributed by atoms with van der Waals surface area (Å²) in [7, 11) is 0. The molecule has 0 spiro atoms. The van der Waals surface area contributed by atoms with Crippen LogP contribution in [0.5, 0.6) is 0 Å². The zero-order valence-electron chi connectivity index (χ0n) is 10.4. The van der Waals surface area contributed by atoms with Crippen molar-refractivity contribution in [2.24, 2.45) is 0 Å². The molecular weight excluding hydrogens is 212 g/mol. The van der Waals surface area contributed by atoms with Crippen LogP contribution in [-0.2, 0) is 12.8 Å². The van der Waals surface area contributed by atoms with Gasteiger partial charge in [-0.25, -0.2) is 0 Å². The van der Waals surface area contributed by atoms with E-state index in [9.17, 15) is 5.11 Å². The minimum absolute atomic E-state index is 0.176. The van der Waals surface area contributed by atoms with Gasteiger partial charge in [0.15, 0.2) is 0 Å². The molecule has 0 saturated heterocycles. The fraction of sp³-hybridized carbons (Fsp3) is 0.600. The Bertz CT molecular complexity index is 354. The standard InChI is InChI=1S/C15H22O2/c16-11-8-13-6-2-3-7-14(13)12-15(17)9-4-1-5-10-15/h2-3,6-7,16-17H,1,4-5,8-12H2. The SMILES string of the molecule is OCCc1ccccc1CC1(O)CCCCC1. The number of aliphatic hydroxyl groups excluding tert-OH is 1. The Labute approximate surface area is 103 Å². The van der Waals surface area contributed by atoms with Gasteiger partial charge in [-0.3, -0.25) is 0 Å². The second kappa shape index (κ2) is 5.65. The molecule has 0 aromatic heterocycles. The van der Waals surface area contributed by atoms with E-state index >= 15 is 0 Å². The number of hydrogen-bond acceptors (Lipinski definition) is 2. The van der Waals surface area contributed by atoms with Gasteiger partial charge < -0.3 is 10.2 Å². The lowest BCUT2D eigenvalue weighted by atomic mass is 9.79. The monoisotopic (exact) mass is 234 g/mol. The van der Waals surface area contributed by atoms with Crippen molar-refractivity contribution in [3.05, 3.63) is 35.4 Å². The van der Waals surface area contributed by atoms with Crippen molar-refractivity contribution < 1.29 is 10.2 Å². The summed E-state index contributed by atoms with van der Waals surface area (Å²) < 4.78 is 0. The van der Waals surface area contributed by atoms with Crippen LogP contribution in [0.3, 0.4) is 0 Å². The van der Waals surface area contributed by atoms with Crippen LogP contribution in [0.2, 0.25) is 0 Å². The lowest BCUT2D eigenvalue weighted by Crippen LogP contribution is -2.34. The Morgan fingerprint density at radius 3 is 2.29 bits per heavy atom. The predicted molar refractivity (Wildman–Crippen MR) is 69.0 cm³/mol. The molecule has 2 nitrogen and oxygen atoms in total. The zero-order chi connectivity index (χ0) is 12.1. The Kier molecular flexibility index (Phi) is 4.19. The van der Waals surface area contributed by atoms with E-state index in [-0.39, 0.29) is 6.61 Å². The first kappa shape index (κ1) is 12.6. The molecule has 0 heterocycles. The van der Waals surface area contributed by atoms with Gasteiger partial charge in [-0.2, -0.15) is 0 Å². The molecule has 0 unspecified atom stereocenters. The number of hydrogen-bond donors (Lipinski definition) is 2. The van der Waals surface area contributed by atoms with Gasteiger partial charge in [0.05, 0.1) is 5.60 Å². The third-order valence-electron chi connectivity index (χ3n) is 3.80. The smallest absolute Gasteiger partial charge is 0.0688 e. The second-order valence-corrected chi connectivity index (χ2v) is 5.20. The van der Waals surface area contributed by atoms with Crippen molar-refractivity contribution in [2.75, 3.05) is 6.61 Å². The van der Waals surface area contributed by atoms with Crippen LogP contribution in [0.25, 0.3) is 0 Å². The average molecular weight is 234 g/mol. The predicted octanol–water partition coefficient (Wildman–Crippen LogP) is 2.46. The van der Waals surface area contributed by atoms with Gasteiger partial charge in [-0.1, -0.05) is 43.5 Å². The highest BCUT2D eigenvalue weighted by Crippen LogP contribution is 2.31. The molecule has 1 aromatic rings. The molecule has 1 aliphatic carbocycles. The van der Waals surface area contributed by atoms with E-state index in [1.165, 1.54) is 17.5 Å². The Hall–Kier alpha value is -0.860. The van der Waals surface area contributed by atoms with E-state index in [2.05, 4.69) is 12.1 Å². The third-order valence-corrected chi connectivity index (χ3v) is 3.80. The zero-order valence-corrected chi connectivity index (χ0v) is 10.4. The highest BCUT2D eigenvalue weighted by atomic mass is 16.3. The molecule has 0 amide bonds. The normalized spacial score (nSPS) is 19.2. The Balaban J connectivity index is 2.11. The summed E-state index contributed by atoms with van der Waals surface area (Å²) in [6.07, 6.45) is 6.79. The van der Waals surface area contributed by atoms with Gasteiger partial charge in [-0.05, 0) is 30.4 Å². The quantitative estimate of drug-likeness (QED) is 0.840. The van der Waals surface area contributed by atoms with E-state index in [0.717, 1.165) is 32.1 Å². The largest absolute Gasteiger partial charge is 0.396 e. The topological polar surface area (TPSA) is 40.5 Å². The molecule has 1 aromatic carbocycles. The molecule has 2 heteroatoms. The Morgan fingerprint density at radius 1 is 1.00 bits per heavy atom. The van der Waals surface area contributed by atoms with E-state index in [4.69, 9.17) is 5.11 Å². The third kappa shape index (κ3) is 3.30. The minimum Gasteiger partial charge on any atom is -0.396 e. The van der Waals surface area contributed by atoms with E-state index < -0.39 is 5.60 Å². The maximum atomic E-state index is 10.6. The lowest BCUT2D eigenvalue weighted by molar-refractivity contribution is 0.00428. The molecule has 0 radical (unpaired) electrons. The van der Waals surface area contributed by atoms with E-state index in [0.29, 0.717) is 6.42 Å². The summed E-state index contributed by atoms with van der Waals surface area (Å²) in [5.41, 5.74) is 1.86. The molecule has 0 atom stereocenters. The van der Waals surface area contributed by atoms with Crippen LogP contribution in [0.15, 0.2) is 24.3 Å². The van der Waals surface area contributed by atoms with Crippen molar-refractivity contribution in [3.63, 3.8) is 0 Å². The molecule has 17 heavy (non-hydrogen) atoms. The highest BCUT2D eigenvalue weighted by Gasteiger charge is 2.29. The van der Waals surface area contributed by atoms with Crippen LogP contribution < -0.4 is 0 Å². The molecule has 2 rings (SSSR count). The summed E-state index contributed by atoms with van der Waals surface area (Å²) in [5.74, 6) is 0. The van der Waals surface area contributed by atoms with Crippen molar-refractivity contribution in [1.29, 1.82) is 0 Å². The van der Waals surface area contributed by atoms with Gasteiger partial charge >= 0.3 is 0 Å². The van der Waals surface area contributed by atoms with Crippen molar-refractivity contribution >= 4 is 0 Å². The van der Waals surface area contributed by atoms with E-state index in [1.54, 1.807) is 0 Å². The lowest BCUT2D eigenvalue weighted by Gasteiger charge is -2.32. The Morgan fingerprint density at radius 2 is 1.65 bits per heavy atom. The van der Waals surface area contributed by atoms with Gasteiger partial charge in [0.1, 0.15) is 0 Å². The summed E-state index contributed by atoms with van der Waals surface area (Å²) >= 11 is 0. The molecule has 0 bridgehead atoms. The summed E-state index contributed by atoms with van der Waals surface area (Å²) in [6, 6.07) is 8.15. The molecule has 0 aliphatic heterocycles. The molecule has 1 aliphatic rings. The van der Waals surface area contributed by atoms with Gasteiger partial charge in [0.2, 0.25) is 0 Å². The first-order valence-corrected chi connectivity index (χ1v) is 6.63. The number of aliphatic hydroxyl groups is 2. The molecule has 1 saturated carbocycles. The molecule has 94 valence electrons. The molecule has 2 N–H and O–H groups in total. The summed E-state index contributed by atoms with van der Waals surface area (Å²) in [4.78, 5) is 0. The second-order valence-electron chi connectivity index (χ2n) is 5.20. The van der Waals surface area contributed by atoms with E-state index in [1.807, 2.05) is 12.1 Å². The average Bonchev–Trinajstić information content (AvgIpc) is 2.32. The molecular formula is C15H22O2. The fourth-order valence-corrected chi connectivity index (χ4v) is 2.84. The molecule has 1 fully saturated rings. The number of benzene rings is 1. The maximum absolute atomic E-state index is 10.6. The fourth-order valence-electron chi connectivity index (χ4n) is 2.84. The first-order chi connectivity index (χ1) is 8.23. The summed E-state index contributed by atoms with van der Waals surface area (Å²) in [6.45, 7) is 0.176. The van der Waals surface area contributed by atoms with Gasteiger partial charge in [0, 0.05) is 13.0 Å². The van der Waals surface area contributed by atoms with Crippen LogP contribution in [-0.4, -0.2) is 22.4 Å². The van der Waals surface area contributed by atoms with Crippen molar-refractivity contribution in [2.45, 2.75) is 50.5 Å². The van der Waals surface area contributed by atoms with Gasteiger partial charge in [0.25, 0.3) is 0 Å². The van der Waals surface area contributed by atoms with Crippen LogP contribution in [0.4, 0.5) is 0 Å². The van der Waals surface area contributed by atoms with Crippen LogP contribution >= 0.6 is 0 Å². The maximum Gasteiger partial charge on any atom is 0.0688 e. The summed E-state index contributed by atoms with van der Waals surface area (Å²) in [5, 5.41) is 19.6. The van der Waals surface area contributed by atoms with Crippen LogP contribution in [0.1, 0.15) is 43.2 Å². The van der Waals surface area contributed by atoms with Crippen molar-refractivity contribution in [3.8, 4) is 0 Å².